The van der Waals surface area contributed by atoms with Crippen molar-refractivity contribution in [2.24, 2.45) is 0 Å². The molecule has 3 aromatic rings. The molecule has 1 aliphatic rings. The van der Waals surface area contributed by atoms with Gasteiger partial charge in [0.1, 0.15) is 0 Å². The average Bonchev–Trinajstić information content (AvgIpc) is 2.91. The average molecular weight is 525 g/mol. The van der Waals surface area contributed by atoms with Crippen molar-refractivity contribution in [2.45, 2.75) is 19.9 Å². The molecule has 2 N–H and O–H groups in total. The highest BCUT2D eigenvalue weighted by atomic mass is 32.1. The topological polar surface area (TPSA) is 79.1 Å². The Kier molecular flexibility index (Phi) is 9.38. The van der Waals surface area contributed by atoms with Gasteiger partial charge in [-0.3, -0.25) is 9.69 Å². The van der Waals surface area contributed by atoms with Crippen LogP contribution in [0.3, 0.4) is 0 Å². The van der Waals surface area contributed by atoms with Gasteiger partial charge in [-0.15, -0.1) is 0 Å². The molecule has 0 saturated carbocycles. The molecule has 2 heterocycles. The molecule has 0 unspecified atom stereocenters. The van der Waals surface area contributed by atoms with Crippen LogP contribution in [0.15, 0.2) is 47.3 Å². The maximum Gasteiger partial charge on any atom is 0.253 e. The molecule has 9 heteroatoms. The molecule has 0 spiro atoms. The first-order chi connectivity index (χ1) is 18.0. The molecule has 198 valence electrons. The number of hydrogen-bond donors (Lipinski definition) is 2. The molecule has 0 atom stereocenters. The molecule has 1 saturated heterocycles. The second-order valence-electron chi connectivity index (χ2n) is 9.26. The van der Waals surface area contributed by atoms with Gasteiger partial charge in [0.2, 0.25) is 0 Å². The lowest BCUT2D eigenvalue weighted by atomic mass is 10.1. The van der Waals surface area contributed by atoms with Gasteiger partial charge >= 0.3 is 0 Å². The van der Waals surface area contributed by atoms with Gasteiger partial charge in [-0.2, -0.15) is 0 Å². The number of rotatable bonds is 10. The van der Waals surface area contributed by atoms with Crippen LogP contribution in [-0.2, 0) is 17.7 Å². The van der Waals surface area contributed by atoms with Crippen molar-refractivity contribution in [2.75, 3.05) is 60.2 Å². The lowest BCUT2D eigenvalue weighted by Crippen LogP contribution is -2.46. The number of benzene rings is 2. The number of pyridine rings is 1. The maximum absolute atomic E-state index is 12.9. The summed E-state index contributed by atoms with van der Waals surface area (Å²) in [7, 11) is 3.27. The van der Waals surface area contributed by atoms with Crippen molar-refractivity contribution >= 4 is 28.2 Å². The van der Waals surface area contributed by atoms with Crippen LogP contribution in [0.2, 0.25) is 0 Å². The van der Waals surface area contributed by atoms with E-state index in [0.29, 0.717) is 41.8 Å². The first kappa shape index (κ1) is 26.9. The van der Waals surface area contributed by atoms with Crippen LogP contribution in [0.5, 0.6) is 11.5 Å². The van der Waals surface area contributed by atoms with Crippen molar-refractivity contribution < 1.29 is 14.2 Å². The standard InChI is InChI=1S/C28H36N4O4S/c1-20-4-6-24-22(16-20)18-23(27(33)30-24)19-32(11-10-31-12-14-36-15-13-31)28(37)29-9-8-21-5-7-25(34-2)26(17-21)35-3/h4-7,16-18H,8-15,19H2,1-3H3,(H,29,37)(H,30,33). The zero-order chi connectivity index (χ0) is 26.2. The van der Waals surface area contributed by atoms with E-state index in [4.69, 9.17) is 26.4 Å². The van der Waals surface area contributed by atoms with Crippen molar-refractivity contribution in [1.82, 2.24) is 20.1 Å². The number of aromatic amines is 1. The van der Waals surface area contributed by atoms with Crippen LogP contribution in [0.25, 0.3) is 10.9 Å². The van der Waals surface area contributed by atoms with E-state index in [-0.39, 0.29) is 5.56 Å². The molecule has 0 radical (unpaired) electrons. The number of morpholine rings is 1. The molecule has 0 bridgehead atoms. The van der Waals surface area contributed by atoms with Crippen LogP contribution < -0.4 is 20.3 Å². The third-order valence-electron chi connectivity index (χ3n) is 6.65. The van der Waals surface area contributed by atoms with Crippen molar-refractivity contribution in [3.63, 3.8) is 0 Å². The van der Waals surface area contributed by atoms with E-state index in [0.717, 1.165) is 61.3 Å². The Hall–Kier alpha value is -3.14. The molecule has 37 heavy (non-hydrogen) atoms. The molecule has 1 aliphatic heterocycles. The van der Waals surface area contributed by atoms with Gasteiger partial charge in [-0.1, -0.05) is 17.7 Å². The summed E-state index contributed by atoms with van der Waals surface area (Å²) in [6.45, 7) is 8.03. The van der Waals surface area contributed by atoms with Crippen LogP contribution in [-0.4, -0.2) is 80.1 Å². The monoisotopic (exact) mass is 524 g/mol. The van der Waals surface area contributed by atoms with E-state index >= 15 is 0 Å². The van der Waals surface area contributed by atoms with E-state index in [9.17, 15) is 4.79 Å². The van der Waals surface area contributed by atoms with Gasteiger partial charge in [0.15, 0.2) is 16.6 Å². The van der Waals surface area contributed by atoms with E-state index in [1.165, 1.54) is 0 Å². The number of nitrogens with one attached hydrogen (secondary N) is 2. The summed E-state index contributed by atoms with van der Waals surface area (Å²) in [6.07, 6.45) is 0.771. The second kappa shape index (κ2) is 12.9. The van der Waals surface area contributed by atoms with Crippen molar-refractivity contribution in [3.8, 4) is 11.5 Å². The number of fused-ring (bicyclic) bond motifs is 1. The Balaban J connectivity index is 1.45. The molecule has 0 aliphatic carbocycles. The Labute approximate surface area is 223 Å². The highest BCUT2D eigenvalue weighted by Gasteiger charge is 2.17. The molecule has 1 aromatic heterocycles. The highest BCUT2D eigenvalue weighted by molar-refractivity contribution is 7.80. The molecule has 0 amide bonds. The zero-order valence-corrected chi connectivity index (χ0v) is 22.7. The van der Waals surface area contributed by atoms with Crippen molar-refractivity contribution in [1.29, 1.82) is 0 Å². The Morgan fingerprint density at radius 2 is 1.89 bits per heavy atom. The third-order valence-corrected chi connectivity index (χ3v) is 7.06. The minimum atomic E-state index is -0.0825. The normalized spacial score (nSPS) is 13.9. The number of nitrogens with zero attached hydrogens (tertiary/aromatic N) is 2. The minimum absolute atomic E-state index is 0.0825. The van der Waals surface area contributed by atoms with Gasteiger partial charge in [-0.25, -0.2) is 0 Å². The van der Waals surface area contributed by atoms with Gasteiger partial charge < -0.3 is 29.4 Å². The summed E-state index contributed by atoms with van der Waals surface area (Å²) in [6, 6.07) is 13.9. The zero-order valence-electron chi connectivity index (χ0n) is 21.8. The first-order valence-electron chi connectivity index (χ1n) is 12.6. The molecule has 8 nitrogen and oxygen atoms in total. The minimum Gasteiger partial charge on any atom is -0.493 e. The number of H-pyrrole nitrogens is 1. The lowest BCUT2D eigenvalue weighted by molar-refractivity contribution is 0.0357. The van der Waals surface area contributed by atoms with Gasteiger partial charge in [0.25, 0.3) is 5.56 Å². The largest absolute Gasteiger partial charge is 0.493 e. The molecular formula is C28H36N4O4S. The number of ether oxygens (including phenoxy) is 3. The summed E-state index contributed by atoms with van der Waals surface area (Å²) >= 11 is 5.82. The number of aromatic nitrogens is 1. The number of thiocarbonyl (C=S) groups is 1. The van der Waals surface area contributed by atoms with Crippen LogP contribution in [0.1, 0.15) is 16.7 Å². The van der Waals surface area contributed by atoms with Crippen molar-refractivity contribution in [3.05, 3.63) is 69.5 Å². The first-order valence-corrected chi connectivity index (χ1v) is 13.0. The van der Waals surface area contributed by atoms with Gasteiger partial charge in [-0.05, 0) is 66.8 Å². The van der Waals surface area contributed by atoms with Crippen LogP contribution in [0.4, 0.5) is 0 Å². The summed E-state index contributed by atoms with van der Waals surface area (Å²) in [5.74, 6) is 1.42. The van der Waals surface area contributed by atoms with E-state index in [2.05, 4.69) is 33.1 Å². The summed E-state index contributed by atoms with van der Waals surface area (Å²) in [4.78, 5) is 20.4. The summed E-state index contributed by atoms with van der Waals surface area (Å²) in [5, 5.41) is 5.06. The fourth-order valence-electron chi connectivity index (χ4n) is 4.50. The smallest absolute Gasteiger partial charge is 0.253 e. The predicted octanol–water partition coefficient (Wildman–Crippen LogP) is 3.11. The number of hydrogen-bond acceptors (Lipinski definition) is 6. The molecule has 1 fully saturated rings. The lowest BCUT2D eigenvalue weighted by Gasteiger charge is -2.31. The SMILES string of the molecule is COc1ccc(CCNC(=S)N(CCN2CCOCC2)Cc2cc3cc(C)ccc3[nH]c2=O)cc1OC. The van der Waals surface area contributed by atoms with E-state index in [1.807, 2.05) is 36.4 Å². The fraction of sp³-hybridized carbons (Fsp3) is 0.429. The second-order valence-corrected chi connectivity index (χ2v) is 9.65. The third kappa shape index (κ3) is 7.21. The maximum atomic E-state index is 12.9. The summed E-state index contributed by atoms with van der Waals surface area (Å²) < 4.78 is 16.2. The highest BCUT2D eigenvalue weighted by Crippen LogP contribution is 2.27. The van der Waals surface area contributed by atoms with Crippen LogP contribution >= 0.6 is 12.2 Å². The molecule has 4 rings (SSSR count). The number of aryl methyl sites for hydroxylation is 1. The van der Waals surface area contributed by atoms with E-state index in [1.54, 1.807) is 14.2 Å². The Morgan fingerprint density at radius 3 is 2.65 bits per heavy atom. The predicted molar refractivity (Wildman–Crippen MR) is 151 cm³/mol. The van der Waals surface area contributed by atoms with Crippen LogP contribution in [0, 0.1) is 6.92 Å². The van der Waals surface area contributed by atoms with E-state index < -0.39 is 0 Å². The Bertz CT molecular complexity index is 1270. The van der Waals surface area contributed by atoms with Gasteiger partial charge in [0, 0.05) is 43.8 Å². The molecular weight excluding hydrogens is 488 g/mol. The fourth-order valence-corrected chi connectivity index (χ4v) is 4.75. The summed E-state index contributed by atoms with van der Waals surface area (Å²) in [5.41, 5.74) is 3.73. The van der Waals surface area contributed by atoms with Gasteiger partial charge in [0.05, 0.1) is 34.0 Å². The molecule has 2 aromatic carbocycles. The Morgan fingerprint density at radius 1 is 1.11 bits per heavy atom. The number of methoxy groups -OCH3 is 2. The quantitative estimate of drug-likeness (QED) is 0.392.